The monoisotopic (exact) mass is 1070 g/mol. The lowest BCUT2D eigenvalue weighted by atomic mass is 9.68. The summed E-state index contributed by atoms with van der Waals surface area (Å²) in [6.07, 6.45) is 79.0. The summed E-state index contributed by atoms with van der Waals surface area (Å²) in [6, 6.07) is 0. The van der Waals surface area contributed by atoms with Crippen LogP contribution in [0.4, 0.5) is 0 Å². The lowest BCUT2D eigenvalue weighted by molar-refractivity contribution is 0.255. The van der Waals surface area contributed by atoms with Crippen molar-refractivity contribution in [1.82, 2.24) is 0 Å². The maximum atomic E-state index is 2.41. The van der Waals surface area contributed by atoms with E-state index in [0.717, 1.165) is 0 Å². The first-order valence-corrected chi connectivity index (χ1v) is 30.5. The molecule has 0 saturated carbocycles. The zero-order valence-electron chi connectivity index (χ0n) is 54.5. The van der Waals surface area contributed by atoms with Crippen LogP contribution in [-0.2, 0) is 0 Å². The lowest BCUT2D eigenvalue weighted by Gasteiger charge is -2.36. The quantitative estimate of drug-likeness (QED) is 0.0842. The van der Waals surface area contributed by atoms with E-state index in [4.69, 9.17) is 0 Å². The minimum absolute atomic E-state index is 0.291. The van der Waals surface area contributed by atoms with E-state index in [1.807, 2.05) is 0 Å². The van der Waals surface area contributed by atoms with Crippen molar-refractivity contribution in [3.05, 3.63) is 260 Å². The molecule has 0 aliphatic heterocycles. The zero-order valence-corrected chi connectivity index (χ0v) is 54.5. The highest BCUT2D eigenvalue weighted by atomic mass is 14.4. The van der Waals surface area contributed by atoms with Gasteiger partial charge < -0.3 is 0 Å². The van der Waals surface area contributed by atoms with Crippen molar-refractivity contribution in [1.29, 1.82) is 0 Å². The second kappa shape index (κ2) is 33.9. The molecule has 0 spiro atoms. The fourth-order valence-electron chi connectivity index (χ4n) is 11.6. The molecule has 0 amide bonds. The predicted molar refractivity (Wildman–Crippen MR) is 363 cm³/mol. The normalized spacial score (nSPS) is 23.6. The number of hydrogen-bond donors (Lipinski definition) is 0. The molecule has 80 heavy (non-hydrogen) atoms. The van der Waals surface area contributed by atoms with E-state index in [0.29, 0.717) is 33.5 Å². The minimum Gasteiger partial charge on any atom is -0.0850 e. The van der Waals surface area contributed by atoms with Gasteiger partial charge >= 0.3 is 0 Å². The fourth-order valence-corrected chi connectivity index (χ4v) is 11.6. The Balaban J connectivity index is 0.000000420. The molecule has 0 aromatic heterocycles. The Kier molecular flexibility index (Phi) is 29.0. The van der Waals surface area contributed by atoms with Crippen LogP contribution in [-0.4, -0.2) is 0 Å². The van der Waals surface area contributed by atoms with Gasteiger partial charge in [0.25, 0.3) is 0 Å². The molecule has 0 heterocycles. The molecule has 432 valence electrons. The Morgan fingerprint density at radius 3 is 0.887 bits per heavy atom. The van der Waals surface area contributed by atoms with E-state index in [-0.39, 0.29) is 0 Å². The van der Waals surface area contributed by atoms with Crippen LogP contribution in [0, 0.1) is 33.5 Å². The summed E-state index contributed by atoms with van der Waals surface area (Å²) in [7, 11) is 0. The summed E-state index contributed by atoms with van der Waals surface area (Å²) >= 11 is 0. The Bertz CT molecular complexity index is 2590. The van der Waals surface area contributed by atoms with Crippen molar-refractivity contribution < 1.29 is 0 Å². The van der Waals surface area contributed by atoms with Gasteiger partial charge in [-0.2, -0.15) is 0 Å². The highest BCUT2D eigenvalue weighted by molar-refractivity contribution is 5.40. The van der Waals surface area contributed by atoms with Crippen molar-refractivity contribution in [2.45, 2.75) is 203 Å². The first kappa shape index (κ1) is 68.6. The third-order valence-corrected chi connectivity index (χ3v) is 16.9. The first-order valence-electron chi connectivity index (χ1n) is 30.5. The summed E-state index contributed by atoms with van der Waals surface area (Å²) in [6.45, 7) is 45.5. The van der Waals surface area contributed by atoms with Crippen LogP contribution in [0.5, 0.6) is 0 Å². The highest BCUT2D eigenvalue weighted by Crippen LogP contribution is 2.44. The van der Waals surface area contributed by atoms with E-state index in [1.165, 1.54) is 131 Å². The van der Waals surface area contributed by atoms with Gasteiger partial charge in [-0.1, -0.05) is 305 Å². The summed E-state index contributed by atoms with van der Waals surface area (Å²) in [5, 5.41) is 0. The molecular weight excluding hydrogens is 961 g/mol. The zero-order chi connectivity index (χ0) is 59.5. The van der Waals surface area contributed by atoms with Crippen LogP contribution < -0.4 is 0 Å². The van der Waals surface area contributed by atoms with Crippen LogP contribution >= 0.6 is 0 Å². The first-order chi connectivity index (χ1) is 37.6. The Hall–Kier alpha value is -5.72. The van der Waals surface area contributed by atoms with Crippen molar-refractivity contribution in [3.8, 4) is 0 Å². The molecule has 4 aliphatic carbocycles. The van der Waals surface area contributed by atoms with Crippen molar-refractivity contribution in [3.63, 3.8) is 0 Å². The van der Waals surface area contributed by atoms with Gasteiger partial charge in [-0.25, -0.2) is 0 Å². The average Bonchev–Trinajstić information content (AvgIpc) is 3.35. The Morgan fingerprint density at radius 2 is 0.613 bits per heavy atom. The number of allylic oxidation sites excluding steroid dienone is 44. The molecule has 0 N–H and O–H groups in total. The van der Waals surface area contributed by atoms with Crippen molar-refractivity contribution >= 4 is 0 Å². The molecule has 4 rings (SSSR count). The second-order valence-corrected chi connectivity index (χ2v) is 26.6. The van der Waals surface area contributed by atoms with Gasteiger partial charge in [0.1, 0.15) is 0 Å². The van der Waals surface area contributed by atoms with Gasteiger partial charge in [-0.3, -0.25) is 0 Å². The van der Waals surface area contributed by atoms with Gasteiger partial charge in [0.2, 0.25) is 0 Å². The van der Waals surface area contributed by atoms with Gasteiger partial charge in [0.05, 0.1) is 0 Å². The Morgan fingerprint density at radius 1 is 0.350 bits per heavy atom. The molecular formula is C80H112. The van der Waals surface area contributed by atoms with E-state index < -0.39 is 0 Å². The molecule has 2 unspecified atom stereocenters. The van der Waals surface area contributed by atoms with E-state index in [2.05, 4.69) is 321 Å². The molecule has 2 atom stereocenters. The van der Waals surface area contributed by atoms with Crippen LogP contribution in [0.25, 0.3) is 0 Å². The number of rotatable bonds is 20. The summed E-state index contributed by atoms with van der Waals surface area (Å²) in [4.78, 5) is 0. The summed E-state index contributed by atoms with van der Waals surface area (Å²) < 4.78 is 0. The van der Waals surface area contributed by atoms with Crippen LogP contribution in [0.1, 0.15) is 203 Å². The maximum Gasteiger partial charge on any atom is 0.00285 e. The smallest absolute Gasteiger partial charge is 0.00285 e. The van der Waals surface area contributed by atoms with Gasteiger partial charge in [0, 0.05) is 11.8 Å². The largest absolute Gasteiger partial charge is 0.0850 e. The summed E-state index contributed by atoms with van der Waals surface area (Å²) in [5.41, 5.74) is 20.4. The minimum atomic E-state index is 0.291. The van der Waals surface area contributed by atoms with E-state index in [9.17, 15) is 0 Å². The van der Waals surface area contributed by atoms with Crippen LogP contribution in [0.15, 0.2) is 260 Å². The number of hydrogen-bond acceptors (Lipinski definition) is 0. The highest BCUT2D eigenvalue weighted by Gasteiger charge is 2.32. The molecule has 0 heteroatoms. The SMILES string of the molecule is CC1=CCCC(C)(C)C1/C=C/C(C)=C/C=C/C(C)=C/C=C/C=C(C)/C=C/C=C(C)/C=C/C1=C(C)CCCC1(C)C.CC1=CCCC(C)(C)C1/C=C/C(C)=C/C=C/C(C)=C/C=C/C=C(C)/C=C/C=C(C)/C=C/C1=C(C)CCCC1(C)C. The molecule has 0 fully saturated rings. The standard InChI is InChI=1S/2C40H56/c2*1-31(19-13-21-33(3)25-27-37-35(5)23-15-29-39(37,7)8)17-11-12-18-32(2)20-14-22-34(4)26-28-38-36(6)24-16-30-40(38,9)10/h2*11-14,17-23,25-28,37H,15-16,24,29-30H2,1-10H3/b2*12-11+,19-13+,20-14+,27-25+,28-26+,31-17+,32-18+,33-21+,34-22+. The van der Waals surface area contributed by atoms with Gasteiger partial charge in [-0.15, -0.1) is 0 Å². The lowest BCUT2D eigenvalue weighted by Crippen LogP contribution is -2.26. The molecule has 0 bridgehead atoms. The predicted octanol–water partition coefficient (Wildman–Crippen LogP) is 24.9. The average molecular weight is 1070 g/mol. The third-order valence-electron chi connectivity index (χ3n) is 16.9. The Labute approximate surface area is 493 Å². The maximum absolute atomic E-state index is 2.41. The van der Waals surface area contributed by atoms with Gasteiger partial charge in [0.15, 0.2) is 0 Å². The fraction of sp³-hybridized carbons (Fsp3) is 0.450. The topological polar surface area (TPSA) is 0 Å². The third kappa shape index (κ3) is 25.4. The molecule has 0 nitrogen and oxygen atoms in total. The van der Waals surface area contributed by atoms with E-state index in [1.54, 1.807) is 11.1 Å². The van der Waals surface area contributed by atoms with E-state index >= 15 is 0 Å². The van der Waals surface area contributed by atoms with Crippen LogP contribution in [0.2, 0.25) is 0 Å². The molecule has 0 saturated heterocycles. The van der Waals surface area contributed by atoms with Gasteiger partial charge in [-0.05, 0) is 180 Å². The molecule has 0 aromatic rings. The molecule has 4 aliphatic rings. The molecule has 0 radical (unpaired) electrons. The second-order valence-electron chi connectivity index (χ2n) is 26.6. The van der Waals surface area contributed by atoms with Crippen molar-refractivity contribution in [2.24, 2.45) is 33.5 Å². The summed E-state index contributed by atoms with van der Waals surface area (Å²) in [5.74, 6) is 1.06. The molecule has 0 aromatic carbocycles. The van der Waals surface area contributed by atoms with Crippen molar-refractivity contribution in [2.75, 3.05) is 0 Å². The van der Waals surface area contributed by atoms with Crippen LogP contribution in [0.3, 0.4) is 0 Å².